The molecule has 0 saturated carbocycles. The number of nitrogens with one attached hydrogen (secondary N) is 1. The van der Waals surface area contributed by atoms with Crippen LogP contribution in [0.5, 0.6) is 0 Å². The van der Waals surface area contributed by atoms with E-state index in [1.807, 2.05) is 30.3 Å². The summed E-state index contributed by atoms with van der Waals surface area (Å²) in [7, 11) is -3.70. The van der Waals surface area contributed by atoms with Gasteiger partial charge in [0.15, 0.2) is 0 Å². The van der Waals surface area contributed by atoms with Crippen LogP contribution in [0.15, 0.2) is 53.4 Å². The zero-order chi connectivity index (χ0) is 17.7. The Hall–Kier alpha value is -1.91. The monoisotopic (exact) mass is 379 g/mol. The maximum Gasteiger partial charge on any atom is 0.240 e. The average Bonchev–Trinajstić information content (AvgIpc) is 2.60. The van der Waals surface area contributed by atoms with Crippen LogP contribution in [0.1, 0.15) is 42.5 Å². The molecule has 0 heterocycles. The number of nitriles is 1. The molecule has 0 saturated heterocycles. The third-order valence-electron chi connectivity index (χ3n) is 3.80. The van der Waals surface area contributed by atoms with E-state index in [1.54, 1.807) is 6.07 Å². The molecule has 134 valence electrons. The first-order valence-electron chi connectivity index (χ1n) is 7.69. The van der Waals surface area contributed by atoms with Crippen molar-refractivity contribution in [3.05, 3.63) is 65.2 Å². The quantitative estimate of drug-likeness (QED) is 0.806. The fraction of sp³-hybridized carbons (Fsp3) is 0.278. The zero-order valence-electron chi connectivity index (χ0n) is 14.1. The number of halogens is 1. The third kappa shape index (κ3) is 5.55. The Labute approximate surface area is 155 Å². The molecule has 0 amide bonds. The van der Waals surface area contributed by atoms with E-state index in [9.17, 15) is 8.42 Å². The second kappa shape index (κ2) is 8.97. The molecule has 1 atom stereocenters. The highest BCUT2D eigenvalue weighted by Crippen LogP contribution is 2.18. The van der Waals surface area contributed by atoms with Crippen molar-refractivity contribution in [1.82, 2.24) is 4.72 Å². The Balaban J connectivity index is 0.00000312. The summed E-state index contributed by atoms with van der Waals surface area (Å²) in [4.78, 5) is 0.0592. The minimum atomic E-state index is -3.70. The lowest BCUT2D eigenvalue weighted by molar-refractivity contribution is 0.572. The highest BCUT2D eigenvalue weighted by Gasteiger charge is 2.16. The Kier molecular flexibility index (Phi) is 7.59. The van der Waals surface area contributed by atoms with E-state index in [1.165, 1.54) is 23.8 Å². The van der Waals surface area contributed by atoms with Crippen molar-refractivity contribution in [2.45, 2.75) is 30.7 Å². The fourth-order valence-electron chi connectivity index (χ4n) is 2.26. The summed E-state index contributed by atoms with van der Waals surface area (Å²) in [5.74, 6) is 0.432. The van der Waals surface area contributed by atoms with Gasteiger partial charge < -0.3 is 5.73 Å². The van der Waals surface area contributed by atoms with Crippen molar-refractivity contribution in [2.24, 2.45) is 5.73 Å². The zero-order valence-corrected chi connectivity index (χ0v) is 15.8. The number of benzene rings is 2. The molecule has 0 radical (unpaired) electrons. The number of hydrogen-bond acceptors (Lipinski definition) is 4. The van der Waals surface area contributed by atoms with E-state index in [0.29, 0.717) is 11.5 Å². The van der Waals surface area contributed by atoms with Crippen LogP contribution in [0.2, 0.25) is 0 Å². The summed E-state index contributed by atoms with van der Waals surface area (Å²) in [6.07, 6.45) is 0. The van der Waals surface area contributed by atoms with Crippen LogP contribution < -0.4 is 10.5 Å². The molecule has 1 unspecified atom stereocenters. The van der Waals surface area contributed by atoms with Crippen LogP contribution in [0.4, 0.5) is 0 Å². The molecule has 2 rings (SSSR count). The lowest BCUT2D eigenvalue weighted by Crippen LogP contribution is -2.32. The van der Waals surface area contributed by atoms with E-state index >= 15 is 0 Å². The largest absolute Gasteiger partial charge is 0.323 e. The van der Waals surface area contributed by atoms with E-state index in [4.69, 9.17) is 11.0 Å². The number of rotatable bonds is 6. The van der Waals surface area contributed by atoms with Gasteiger partial charge in [-0.15, -0.1) is 12.4 Å². The van der Waals surface area contributed by atoms with Crippen molar-refractivity contribution in [3.8, 4) is 6.07 Å². The van der Waals surface area contributed by atoms with Gasteiger partial charge in [-0.2, -0.15) is 5.26 Å². The van der Waals surface area contributed by atoms with Crippen molar-refractivity contribution in [3.63, 3.8) is 0 Å². The molecule has 25 heavy (non-hydrogen) atoms. The van der Waals surface area contributed by atoms with E-state index in [-0.39, 0.29) is 23.8 Å². The highest BCUT2D eigenvalue weighted by atomic mass is 35.5. The molecule has 0 aliphatic rings. The standard InChI is InChI=1S/C18H21N3O2S.ClH/c1-13(2)15-6-8-16(9-7-15)18(20)12-21-24(22,23)17-5-3-4-14(10-17)11-19;/h3-10,13,18,21H,12,20H2,1-2H3;1H. The Morgan fingerprint density at radius 1 is 1.12 bits per heavy atom. The van der Waals surface area contributed by atoms with Gasteiger partial charge in [0.2, 0.25) is 10.0 Å². The number of nitrogens with two attached hydrogens (primary N) is 1. The van der Waals surface area contributed by atoms with Crippen molar-refractivity contribution in [1.29, 1.82) is 5.26 Å². The molecule has 3 N–H and O–H groups in total. The number of nitrogens with zero attached hydrogens (tertiary/aromatic N) is 1. The Bertz CT molecular complexity index is 843. The summed E-state index contributed by atoms with van der Waals surface area (Å²) in [6.45, 7) is 4.30. The predicted octanol–water partition coefficient (Wildman–Crippen LogP) is 3.08. The molecule has 2 aromatic carbocycles. The summed E-state index contributed by atoms with van der Waals surface area (Å²) < 4.78 is 27.1. The fourth-order valence-corrected chi connectivity index (χ4v) is 3.37. The van der Waals surface area contributed by atoms with Gasteiger partial charge in [0.1, 0.15) is 0 Å². The van der Waals surface area contributed by atoms with Crippen LogP contribution in [0.25, 0.3) is 0 Å². The number of hydrogen-bond donors (Lipinski definition) is 2. The Morgan fingerprint density at radius 3 is 2.28 bits per heavy atom. The lowest BCUT2D eigenvalue weighted by Gasteiger charge is -2.15. The van der Waals surface area contributed by atoms with E-state index < -0.39 is 16.1 Å². The van der Waals surface area contributed by atoms with Gasteiger partial charge in [0.05, 0.1) is 16.5 Å². The third-order valence-corrected chi connectivity index (χ3v) is 5.22. The van der Waals surface area contributed by atoms with Crippen LogP contribution in [0, 0.1) is 11.3 Å². The lowest BCUT2D eigenvalue weighted by atomic mass is 9.99. The molecular formula is C18H22ClN3O2S. The van der Waals surface area contributed by atoms with Gasteiger partial charge in [-0.25, -0.2) is 13.1 Å². The van der Waals surface area contributed by atoms with E-state index in [0.717, 1.165) is 5.56 Å². The SMILES string of the molecule is CC(C)c1ccc(C(N)CNS(=O)(=O)c2cccc(C#N)c2)cc1.Cl. The van der Waals surface area contributed by atoms with Gasteiger partial charge in [-0.1, -0.05) is 44.2 Å². The topological polar surface area (TPSA) is 96.0 Å². The minimum Gasteiger partial charge on any atom is -0.323 e. The maximum atomic E-state index is 12.3. The van der Waals surface area contributed by atoms with Crippen LogP contribution in [-0.4, -0.2) is 15.0 Å². The molecular weight excluding hydrogens is 358 g/mol. The second-order valence-corrected chi connectivity index (χ2v) is 7.69. The molecule has 0 aliphatic heterocycles. The predicted molar refractivity (Wildman–Crippen MR) is 101 cm³/mol. The molecule has 0 bridgehead atoms. The van der Waals surface area contributed by atoms with Crippen LogP contribution in [0.3, 0.4) is 0 Å². The van der Waals surface area contributed by atoms with Gasteiger partial charge >= 0.3 is 0 Å². The van der Waals surface area contributed by atoms with Gasteiger partial charge in [0.25, 0.3) is 0 Å². The first-order chi connectivity index (χ1) is 11.3. The van der Waals surface area contributed by atoms with Gasteiger partial charge in [-0.3, -0.25) is 0 Å². The summed E-state index contributed by atoms with van der Waals surface area (Å²) in [5, 5.41) is 8.87. The summed E-state index contributed by atoms with van der Waals surface area (Å²) >= 11 is 0. The number of sulfonamides is 1. The molecule has 0 aromatic heterocycles. The first kappa shape index (κ1) is 21.1. The van der Waals surface area contributed by atoms with Gasteiger partial charge in [-0.05, 0) is 35.2 Å². The molecule has 0 fully saturated rings. The second-order valence-electron chi connectivity index (χ2n) is 5.92. The van der Waals surface area contributed by atoms with Crippen LogP contribution in [-0.2, 0) is 10.0 Å². The van der Waals surface area contributed by atoms with Crippen LogP contribution >= 0.6 is 12.4 Å². The molecule has 7 heteroatoms. The normalized spacial score (nSPS) is 12.3. The maximum absolute atomic E-state index is 12.3. The summed E-state index contributed by atoms with van der Waals surface area (Å²) in [6, 6.07) is 15.2. The molecule has 2 aromatic rings. The van der Waals surface area contributed by atoms with Gasteiger partial charge in [0, 0.05) is 12.6 Å². The molecule has 0 spiro atoms. The van der Waals surface area contributed by atoms with Crippen molar-refractivity contribution >= 4 is 22.4 Å². The first-order valence-corrected chi connectivity index (χ1v) is 9.17. The smallest absolute Gasteiger partial charge is 0.240 e. The molecule has 5 nitrogen and oxygen atoms in total. The van der Waals surface area contributed by atoms with Crippen molar-refractivity contribution < 1.29 is 8.42 Å². The Morgan fingerprint density at radius 2 is 1.72 bits per heavy atom. The van der Waals surface area contributed by atoms with Crippen molar-refractivity contribution in [2.75, 3.05) is 6.54 Å². The summed E-state index contributed by atoms with van der Waals surface area (Å²) in [5.41, 5.74) is 8.46. The minimum absolute atomic E-state index is 0. The molecule has 0 aliphatic carbocycles. The average molecular weight is 380 g/mol. The highest BCUT2D eigenvalue weighted by molar-refractivity contribution is 7.89. The van der Waals surface area contributed by atoms with E-state index in [2.05, 4.69) is 18.6 Å².